The van der Waals surface area contributed by atoms with E-state index >= 15 is 0 Å². The van der Waals surface area contributed by atoms with Crippen molar-refractivity contribution in [3.63, 3.8) is 0 Å². The molecule has 0 aliphatic heterocycles. The zero-order valence-electron chi connectivity index (χ0n) is 12.8. The third kappa shape index (κ3) is 4.29. The van der Waals surface area contributed by atoms with Crippen LogP contribution in [0.1, 0.15) is 24.2 Å². The van der Waals surface area contributed by atoms with Crippen LogP contribution in [-0.4, -0.2) is 29.8 Å². The van der Waals surface area contributed by atoms with Gasteiger partial charge in [0.25, 0.3) is 0 Å². The molecule has 0 bridgehead atoms. The second-order valence-electron chi connectivity index (χ2n) is 5.22. The standard InChI is InChI=1S/C16H22FN3O/c1-12-10-20(13(2)11-21-3)16(19-12)18-9-8-14-4-6-15(17)7-5-14/h4-7,10,13H,8-9,11H2,1-3H3,(H,18,19). The number of hydrogen-bond acceptors (Lipinski definition) is 3. The summed E-state index contributed by atoms with van der Waals surface area (Å²) < 4.78 is 20.1. The number of methoxy groups -OCH3 is 1. The van der Waals surface area contributed by atoms with Gasteiger partial charge in [0.1, 0.15) is 5.82 Å². The van der Waals surface area contributed by atoms with Crippen molar-refractivity contribution in [1.82, 2.24) is 9.55 Å². The van der Waals surface area contributed by atoms with E-state index in [9.17, 15) is 4.39 Å². The minimum absolute atomic E-state index is 0.203. The first-order valence-corrected chi connectivity index (χ1v) is 7.13. The maximum absolute atomic E-state index is 12.9. The highest BCUT2D eigenvalue weighted by molar-refractivity contribution is 5.30. The lowest BCUT2D eigenvalue weighted by Gasteiger charge is -2.16. The molecular weight excluding hydrogens is 269 g/mol. The molecule has 0 amide bonds. The lowest BCUT2D eigenvalue weighted by molar-refractivity contribution is 0.163. The topological polar surface area (TPSA) is 39.1 Å². The normalized spacial score (nSPS) is 12.4. The molecule has 0 aliphatic carbocycles. The van der Waals surface area contributed by atoms with Gasteiger partial charge >= 0.3 is 0 Å². The third-order valence-corrected chi connectivity index (χ3v) is 3.35. The Balaban J connectivity index is 1.95. The highest BCUT2D eigenvalue weighted by Gasteiger charge is 2.11. The minimum Gasteiger partial charge on any atom is -0.383 e. The Morgan fingerprint density at radius 3 is 2.71 bits per heavy atom. The number of halogens is 1. The van der Waals surface area contributed by atoms with Crippen molar-refractivity contribution in [2.75, 3.05) is 25.6 Å². The molecule has 1 aromatic carbocycles. The summed E-state index contributed by atoms with van der Waals surface area (Å²) in [6, 6.07) is 6.82. The molecule has 21 heavy (non-hydrogen) atoms. The van der Waals surface area contributed by atoms with Gasteiger partial charge in [0.2, 0.25) is 5.95 Å². The predicted molar refractivity (Wildman–Crippen MR) is 82.1 cm³/mol. The Kier molecular flexibility index (Phi) is 5.33. The Morgan fingerprint density at radius 1 is 1.33 bits per heavy atom. The van der Waals surface area contributed by atoms with Crippen LogP contribution in [0, 0.1) is 12.7 Å². The van der Waals surface area contributed by atoms with E-state index in [2.05, 4.69) is 21.8 Å². The molecule has 2 aromatic rings. The summed E-state index contributed by atoms with van der Waals surface area (Å²) >= 11 is 0. The fourth-order valence-electron chi connectivity index (χ4n) is 2.27. The van der Waals surface area contributed by atoms with Crippen LogP contribution >= 0.6 is 0 Å². The smallest absolute Gasteiger partial charge is 0.203 e. The van der Waals surface area contributed by atoms with E-state index in [4.69, 9.17) is 4.74 Å². The summed E-state index contributed by atoms with van der Waals surface area (Å²) in [6.07, 6.45) is 2.84. The van der Waals surface area contributed by atoms with Gasteiger partial charge in [-0.2, -0.15) is 0 Å². The lowest BCUT2D eigenvalue weighted by atomic mass is 10.1. The molecule has 1 N–H and O–H groups in total. The van der Waals surface area contributed by atoms with Crippen LogP contribution in [0.4, 0.5) is 10.3 Å². The van der Waals surface area contributed by atoms with Crippen molar-refractivity contribution in [3.05, 3.63) is 47.5 Å². The maximum Gasteiger partial charge on any atom is 0.203 e. The maximum atomic E-state index is 12.9. The Morgan fingerprint density at radius 2 is 2.05 bits per heavy atom. The van der Waals surface area contributed by atoms with Crippen molar-refractivity contribution in [2.24, 2.45) is 0 Å². The number of aryl methyl sites for hydroxylation is 1. The molecule has 0 aliphatic rings. The van der Waals surface area contributed by atoms with Crippen LogP contribution in [0.15, 0.2) is 30.5 Å². The number of nitrogens with one attached hydrogen (secondary N) is 1. The molecule has 1 unspecified atom stereocenters. The number of aromatic nitrogens is 2. The number of imidazole rings is 1. The monoisotopic (exact) mass is 291 g/mol. The van der Waals surface area contributed by atoms with Gasteiger partial charge in [-0.15, -0.1) is 0 Å². The fraction of sp³-hybridized carbons (Fsp3) is 0.438. The van der Waals surface area contributed by atoms with E-state index in [1.165, 1.54) is 12.1 Å². The van der Waals surface area contributed by atoms with E-state index in [-0.39, 0.29) is 11.9 Å². The molecule has 0 fully saturated rings. The van der Waals surface area contributed by atoms with E-state index in [0.29, 0.717) is 6.61 Å². The summed E-state index contributed by atoms with van der Waals surface area (Å²) in [4.78, 5) is 4.50. The van der Waals surface area contributed by atoms with E-state index < -0.39 is 0 Å². The predicted octanol–water partition coefficient (Wildman–Crippen LogP) is 3.19. The van der Waals surface area contributed by atoms with E-state index in [1.54, 1.807) is 7.11 Å². The van der Waals surface area contributed by atoms with Crippen molar-refractivity contribution < 1.29 is 9.13 Å². The molecule has 1 heterocycles. The lowest BCUT2D eigenvalue weighted by Crippen LogP contribution is -2.15. The number of nitrogens with zero attached hydrogens (tertiary/aromatic N) is 2. The Bertz CT molecular complexity index is 565. The SMILES string of the molecule is COCC(C)n1cc(C)nc1NCCc1ccc(F)cc1. The Labute approximate surface area is 125 Å². The summed E-state index contributed by atoms with van der Waals surface area (Å²) in [5.41, 5.74) is 2.07. The highest BCUT2D eigenvalue weighted by Crippen LogP contribution is 2.16. The van der Waals surface area contributed by atoms with Crippen molar-refractivity contribution in [1.29, 1.82) is 0 Å². The molecule has 1 atom stereocenters. The van der Waals surface area contributed by atoms with Gasteiger partial charge in [-0.25, -0.2) is 9.37 Å². The summed E-state index contributed by atoms with van der Waals surface area (Å²) in [6.45, 7) is 5.46. The van der Waals surface area contributed by atoms with Crippen molar-refractivity contribution >= 4 is 5.95 Å². The first kappa shape index (κ1) is 15.5. The van der Waals surface area contributed by atoms with Crippen molar-refractivity contribution in [3.8, 4) is 0 Å². The summed E-state index contributed by atoms with van der Waals surface area (Å²) in [5, 5.41) is 3.34. The Hall–Kier alpha value is -1.88. The van der Waals surface area contributed by atoms with Gasteiger partial charge in [0.15, 0.2) is 0 Å². The molecule has 0 radical (unpaired) electrons. The molecule has 0 saturated heterocycles. The molecule has 0 spiro atoms. The van der Waals surface area contributed by atoms with Crippen LogP contribution < -0.4 is 5.32 Å². The van der Waals surface area contributed by atoms with Crippen LogP contribution in [-0.2, 0) is 11.2 Å². The van der Waals surface area contributed by atoms with Crippen LogP contribution in [0.3, 0.4) is 0 Å². The molecule has 2 rings (SSSR count). The van der Waals surface area contributed by atoms with Crippen LogP contribution in [0.5, 0.6) is 0 Å². The van der Waals surface area contributed by atoms with Gasteiger partial charge in [-0.05, 0) is 38.0 Å². The van der Waals surface area contributed by atoms with Crippen molar-refractivity contribution in [2.45, 2.75) is 26.3 Å². The molecule has 5 heteroatoms. The van der Waals surface area contributed by atoms with Gasteiger partial charge < -0.3 is 14.6 Å². The average molecular weight is 291 g/mol. The zero-order valence-corrected chi connectivity index (χ0v) is 12.8. The first-order valence-electron chi connectivity index (χ1n) is 7.13. The molecular formula is C16H22FN3O. The number of rotatable bonds is 7. The second kappa shape index (κ2) is 7.22. The largest absolute Gasteiger partial charge is 0.383 e. The van der Waals surface area contributed by atoms with Gasteiger partial charge in [0.05, 0.1) is 18.3 Å². The van der Waals surface area contributed by atoms with Crippen LogP contribution in [0.2, 0.25) is 0 Å². The number of anilines is 1. The second-order valence-corrected chi connectivity index (χ2v) is 5.22. The minimum atomic E-state index is -0.203. The molecule has 1 aromatic heterocycles. The fourth-order valence-corrected chi connectivity index (χ4v) is 2.27. The highest BCUT2D eigenvalue weighted by atomic mass is 19.1. The first-order chi connectivity index (χ1) is 10.1. The quantitative estimate of drug-likeness (QED) is 0.851. The molecule has 0 saturated carbocycles. The van der Waals surface area contributed by atoms with Crippen LogP contribution in [0.25, 0.3) is 0 Å². The number of benzene rings is 1. The summed E-state index contributed by atoms with van der Waals surface area (Å²) in [7, 11) is 1.70. The van der Waals surface area contributed by atoms with E-state index in [0.717, 1.165) is 30.2 Å². The molecule has 114 valence electrons. The zero-order chi connectivity index (χ0) is 15.2. The average Bonchev–Trinajstić information content (AvgIpc) is 2.82. The van der Waals surface area contributed by atoms with Gasteiger partial charge in [-0.1, -0.05) is 12.1 Å². The third-order valence-electron chi connectivity index (χ3n) is 3.35. The van der Waals surface area contributed by atoms with E-state index in [1.807, 2.05) is 25.3 Å². The molecule has 4 nitrogen and oxygen atoms in total. The number of hydrogen-bond donors (Lipinski definition) is 1. The van der Waals surface area contributed by atoms with Gasteiger partial charge in [0, 0.05) is 19.9 Å². The van der Waals surface area contributed by atoms with Gasteiger partial charge in [-0.3, -0.25) is 0 Å². The number of ether oxygens (including phenoxy) is 1. The summed E-state index contributed by atoms with van der Waals surface area (Å²) in [5.74, 6) is 0.644.